The highest BCUT2D eigenvalue weighted by atomic mass is 127. The molecule has 106 valence electrons. The summed E-state index contributed by atoms with van der Waals surface area (Å²) in [5.41, 5.74) is 1.13. The van der Waals surface area contributed by atoms with Crippen LogP contribution >= 0.6 is 24.0 Å². The molecule has 1 unspecified atom stereocenters. The van der Waals surface area contributed by atoms with Gasteiger partial charge in [0.05, 0.1) is 6.54 Å². The predicted octanol–water partition coefficient (Wildman–Crippen LogP) is 1.44. The van der Waals surface area contributed by atoms with Gasteiger partial charge in [0, 0.05) is 42.4 Å². The first-order valence-electron chi connectivity index (χ1n) is 6.14. The summed E-state index contributed by atoms with van der Waals surface area (Å²) >= 11 is 0. The molecule has 1 atom stereocenters. The molecule has 6 heteroatoms. The number of hydrogen-bond acceptors (Lipinski definition) is 4. The Kier molecular flexibility index (Phi) is 7.37. The van der Waals surface area contributed by atoms with Gasteiger partial charge in [0.15, 0.2) is 5.96 Å². The summed E-state index contributed by atoms with van der Waals surface area (Å²) < 4.78 is 11.9. The molecule has 0 radical (unpaired) electrons. The van der Waals surface area contributed by atoms with Gasteiger partial charge in [0.25, 0.3) is 0 Å². The summed E-state index contributed by atoms with van der Waals surface area (Å²) in [6, 6.07) is 9.96. The number of halogens is 1. The third kappa shape index (κ3) is 5.48. The first-order chi connectivity index (χ1) is 8.75. The van der Waals surface area contributed by atoms with E-state index in [1.807, 2.05) is 37.4 Å². The van der Waals surface area contributed by atoms with E-state index in [0.717, 1.165) is 24.6 Å². The van der Waals surface area contributed by atoms with Crippen LogP contribution in [0.3, 0.4) is 0 Å². The van der Waals surface area contributed by atoms with Crippen LogP contribution in [0.25, 0.3) is 0 Å². The van der Waals surface area contributed by atoms with Gasteiger partial charge < -0.3 is 10.2 Å². The zero-order valence-corrected chi connectivity index (χ0v) is 14.2. The van der Waals surface area contributed by atoms with Crippen LogP contribution in [0.5, 0.6) is 0 Å². The van der Waals surface area contributed by atoms with Crippen molar-refractivity contribution in [2.24, 2.45) is 4.99 Å². The van der Waals surface area contributed by atoms with E-state index < -0.39 is 10.8 Å². The van der Waals surface area contributed by atoms with Crippen molar-refractivity contribution in [2.45, 2.75) is 5.75 Å². The molecular weight excluding hydrogens is 373 g/mol. The van der Waals surface area contributed by atoms with Gasteiger partial charge in [-0.15, -0.1) is 24.0 Å². The maximum Gasteiger partial charge on any atom is 0.193 e. The molecule has 0 saturated heterocycles. The molecule has 1 heterocycles. The molecule has 1 N–H and O–H groups in total. The average molecular weight is 393 g/mol. The molecular formula is C13H20IN3OS. The maximum absolute atomic E-state index is 11.9. The fraction of sp³-hybridized carbons (Fsp3) is 0.462. The molecule has 0 bridgehead atoms. The zero-order chi connectivity index (χ0) is 12.8. The van der Waals surface area contributed by atoms with E-state index in [2.05, 4.69) is 15.2 Å². The highest BCUT2D eigenvalue weighted by Gasteiger charge is 2.11. The molecule has 19 heavy (non-hydrogen) atoms. The largest absolute Gasteiger partial charge is 0.355 e. The second kappa shape index (κ2) is 8.52. The molecule has 0 amide bonds. The van der Waals surface area contributed by atoms with E-state index in [-0.39, 0.29) is 24.0 Å². The average Bonchev–Trinajstić information content (AvgIpc) is 2.76. The van der Waals surface area contributed by atoms with Crippen molar-refractivity contribution in [3.63, 3.8) is 0 Å². The van der Waals surface area contributed by atoms with E-state index in [1.54, 1.807) is 0 Å². The molecule has 0 aromatic heterocycles. The van der Waals surface area contributed by atoms with Gasteiger partial charge in [-0.2, -0.15) is 0 Å². The lowest BCUT2D eigenvalue weighted by atomic mass is 10.2. The van der Waals surface area contributed by atoms with E-state index in [0.29, 0.717) is 18.1 Å². The molecule has 0 aliphatic carbocycles. The van der Waals surface area contributed by atoms with Gasteiger partial charge in [0.2, 0.25) is 0 Å². The van der Waals surface area contributed by atoms with Gasteiger partial charge in [-0.25, -0.2) is 0 Å². The van der Waals surface area contributed by atoms with E-state index in [9.17, 15) is 4.21 Å². The minimum absolute atomic E-state index is 0. The van der Waals surface area contributed by atoms with Crippen LogP contribution in [0.2, 0.25) is 0 Å². The van der Waals surface area contributed by atoms with Crippen LogP contribution in [-0.2, 0) is 16.6 Å². The fourth-order valence-corrected chi connectivity index (χ4v) is 2.87. The number of benzene rings is 1. The van der Waals surface area contributed by atoms with Crippen molar-refractivity contribution in [1.82, 2.24) is 10.2 Å². The number of guanidine groups is 1. The molecule has 0 fully saturated rings. The monoisotopic (exact) mass is 393 g/mol. The number of nitrogens with one attached hydrogen (secondary N) is 1. The first-order valence-corrected chi connectivity index (χ1v) is 7.63. The van der Waals surface area contributed by atoms with Gasteiger partial charge >= 0.3 is 0 Å². The Bertz CT molecular complexity index is 439. The number of nitrogens with zero attached hydrogens (tertiary/aromatic N) is 2. The van der Waals surface area contributed by atoms with Crippen LogP contribution in [0.4, 0.5) is 0 Å². The predicted molar refractivity (Wildman–Crippen MR) is 91.5 cm³/mol. The molecule has 1 aliphatic heterocycles. The second-order valence-corrected chi connectivity index (χ2v) is 5.90. The third-order valence-electron chi connectivity index (χ3n) is 2.84. The topological polar surface area (TPSA) is 44.7 Å². The van der Waals surface area contributed by atoms with Crippen LogP contribution in [0, 0.1) is 0 Å². The summed E-state index contributed by atoms with van der Waals surface area (Å²) in [5, 5.41) is 3.23. The minimum atomic E-state index is -0.818. The maximum atomic E-state index is 11.9. The summed E-state index contributed by atoms with van der Waals surface area (Å²) in [7, 11) is 1.20. The van der Waals surface area contributed by atoms with Crippen molar-refractivity contribution in [2.75, 3.05) is 32.4 Å². The SMILES string of the molecule is CN1CCN=C1NCCS(=O)Cc1ccccc1.I. The summed E-state index contributed by atoms with van der Waals surface area (Å²) in [6.07, 6.45) is 0. The van der Waals surface area contributed by atoms with Crippen LogP contribution in [-0.4, -0.2) is 47.5 Å². The Labute approximate surface area is 134 Å². The van der Waals surface area contributed by atoms with Crippen molar-refractivity contribution in [3.8, 4) is 0 Å². The molecule has 4 nitrogen and oxygen atoms in total. The number of rotatable bonds is 5. The van der Waals surface area contributed by atoms with E-state index in [1.165, 1.54) is 0 Å². The molecule has 0 saturated carbocycles. The zero-order valence-electron chi connectivity index (χ0n) is 11.0. The number of aliphatic imine (C=N–C) groups is 1. The number of hydrogen-bond donors (Lipinski definition) is 1. The smallest absolute Gasteiger partial charge is 0.193 e. The lowest BCUT2D eigenvalue weighted by Crippen LogP contribution is -2.37. The van der Waals surface area contributed by atoms with Crippen molar-refractivity contribution in [1.29, 1.82) is 0 Å². The van der Waals surface area contributed by atoms with Crippen molar-refractivity contribution in [3.05, 3.63) is 35.9 Å². The van der Waals surface area contributed by atoms with Crippen molar-refractivity contribution < 1.29 is 4.21 Å². The Morgan fingerprint density at radius 1 is 1.37 bits per heavy atom. The molecule has 0 spiro atoms. The van der Waals surface area contributed by atoms with Gasteiger partial charge in [-0.3, -0.25) is 9.20 Å². The fourth-order valence-electron chi connectivity index (χ4n) is 1.83. The minimum Gasteiger partial charge on any atom is -0.355 e. The van der Waals surface area contributed by atoms with Gasteiger partial charge in [-0.05, 0) is 5.56 Å². The second-order valence-electron chi connectivity index (χ2n) is 4.33. The normalized spacial score (nSPS) is 15.6. The Morgan fingerprint density at radius 2 is 2.11 bits per heavy atom. The highest BCUT2D eigenvalue weighted by Crippen LogP contribution is 2.02. The van der Waals surface area contributed by atoms with E-state index >= 15 is 0 Å². The Morgan fingerprint density at radius 3 is 2.74 bits per heavy atom. The van der Waals surface area contributed by atoms with E-state index in [4.69, 9.17) is 0 Å². The quantitative estimate of drug-likeness (QED) is 0.771. The molecule has 2 rings (SSSR count). The van der Waals surface area contributed by atoms with Gasteiger partial charge in [-0.1, -0.05) is 30.3 Å². The molecule has 1 aromatic rings. The van der Waals surface area contributed by atoms with Crippen LogP contribution in [0.1, 0.15) is 5.56 Å². The van der Waals surface area contributed by atoms with Crippen LogP contribution < -0.4 is 5.32 Å². The summed E-state index contributed by atoms with van der Waals surface area (Å²) in [4.78, 5) is 6.41. The number of likely N-dealkylation sites (N-methyl/N-ethyl adjacent to an activating group) is 1. The molecule has 1 aromatic carbocycles. The Balaban J connectivity index is 0.00000180. The first kappa shape index (κ1) is 16.4. The lowest BCUT2D eigenvalue weighted by Gasteiger charge is -2.14. The van der Waals surface area contributed by atoms with Crippen LogP contribution in [0.15, 0.2) is 35.3 Å². The Hall–Kier alpha value is -0.630. The molecule has 1 aliphatic rings. The van der Waals surface area contributed by atoms with Crippen molar-refractivity contribution >= 4 is 40.7 Å². The van der Waals surface area contributed by atoms with Gasteiger partial charge in [0.1, 0.15) is 0 Å². The summed E-state index contributed by atoms with van der Waals surface area (Å²) in [5.74, 6) is 2.21. The third-order valence-corrected chi connectivity index (χ3v) is 4.16. The highest BCUT2D eigenvalue weighted by molar-refractivity contribution is 14.0. The standard InChI is InChI=1S/C13H19N3OS.HI/c1-16-9-7-14-13(16)15-8-10-18(17)11-12-5-3-2-4-6-12;/h2-6H,7-11H2,1H3,(H,14,15);1H. The lowest BCUT2D eigenvalue weighted by molar-refractivity contribution is 0.536. The summed E-state index contributed by atoms with van der Waals surface area (Å²) in [6.45, 7) is 2.53.